The zero-order valence-electron chi connectivity index (χ0n) is 11.3. The molecule has 0 bridgehead atoms. The normalized spacial score (nSPS) is 12.9. The van der Waals surface area contributed by atoms with Crippen molar-refractivity contribution < 1.29 is 4.79 Å². The summed E-state index contributed by atoms with van der Waals surface area (Å²) in [5.41, 5.74) is 0. The molecule has 0 fully saturated rings. The van der Waals surface area contributed by atoms with Gasteiger partial charge in [-0.05, 0) is 13.1 Å². The molecule has 1 amide bonds. The first kappa shape index (κ1) is 15.8. The third-order valence-corrected chi connectivity index (χ3v) is 3.88. The average molecular weight is 246 g/mol. The minimum Gasteiger partial charge on any atom is -0.349 e. The Labute approximate surface area is 105 Å². The van der Waals surface area contributed by atoms with Gasteiger partial charge >= 0.3 is 0 Å². The van der Waals surface area contributed by atoms with Gasteiger partial charge in [0.1, 0.15) is 0 Å². The van der Waals surface area contributed by atoms with Crippen LogP contribution in [-0.2, 0) is 4.79 Å². The molecule has 0 aliphatic heterocycles. The lowest BCUT2D eigenvalue weighted by atomic mass is 10.2. The molecule has 0 unspecified atom stereocenters. The maximum Gasteiger partial charge on any atom is 0.225 e. The second-order valence-corrected chi connectivity index (χ2v) is 5.39. The number of nitrogens with zero attached hydrogens (tertiary/aromatic N) is 2. The Balaban J connectivity index is 3.62. The smallest absolute Gasteiger partial charge is 0.225 e. The first-order valence-corrected chi connectivity index (χ1v) is 7.19. The van der Waals surface area contributed by atoms with Crippen LogP contribution >= 0.6 is 11.8 Å². The summed E-state index contributed by atoms with van der Waals surface area (Å²) >= 11 is 1.88. The van der Waals surface area contributed by atoms with Gasteiger partial charge in [-0.15, -0.1) is 0 Å². The van der Waals surface area contributed by atoms with E-state index in [1.165, 1.54) is 0 Å². The van der Waals surface area contributed by atoms with Crippen molar-refractivity contribution in [2.45, 2.75) is 20.8 Å². The number of thioether (sulfide) groups is 1. The van der Waals surface area contributed by atoms with Crippen molar-refractivity contribution in [3.63, 3.8) is 0 Å². The number of rotatable bonds is 8. The minimum absolute atomic E-state index is 0.136. The van der Waals surface area contributed by atoms with Gasteiger partial charge in [-0.25, -0.2) is 0 Å². The zero-order chi connectivity index (χ0) is 12.6. The van der Waals surface area contributed by atoms with Crippen molar-refractivity contribution in [1.82, 2.24) is 9.80 Å². The highest BCUT2D eigenvalue weighted by molar-refractivity contribution is 7.99. The number of carbonyl (C=O) groups excluding carboxylic acids is 1. The summed E-state index contributed by atoms with van der Waals surface area (Å²) in [6.07, 6.45) is 0. The average Bonchev–Trinajstić information content (AvgIpc) is 2.27. The molecule has 0 aromatic heterocycles. The first-order valence-electron chi connectivity index (χ1n) is 6.04. The molecule has 1 atom stereocenters. The van der Waals surface area contributed by atoms with E-state index in [-0.39, 0.29) is 11.8 Å². The molecule has 0 spiro atoms. The quantitative estimate of drug-likeness (QED) is 0.610. The van der Waals surface area contributed by atoms with Crippen LogP contribution < -0.4 is 0 Å². The fourth-order valence-electron chi connectivity index (χ4n) is 1.51. The number of carbonyl (C=O) groups is 1. The van der Waals surface area contributed by atoms with Crippen LogP contribution in [0.15, 0.2) is 0 Å². The Bertz CT molecular complexity index is 193. The van der Waals surface area contributed by atoms with Crippen molar-refractivity contribution in [3.8, 4) is 0 Å². The molecule has 0 aromatic rings. The molecule has 0 aliphatic rings. The van der Waals surface area contributed by atoms with Crippen LogP contribution in [0.3, 0.4) is 0 Å². The second kappa shape index (κ2) is 8.88. The molecule has 0 N–H and O–H groups in total. The highest BCUT2D eigenvalue weighted by atomic mass is 32.2. The molecule has 0 heterocycles. The number of hydrogen-bond donors (Lipinski definition) is 0. The van der Waals surface area contributed by atoms with Crippen molar-refractivity contribution in [1.29, 1.82) is 0 Å². The summed E-state index contributed by atoms with van der Waals surface area (Å²) in [5.74, 6) is 2.41. The van der Waals surface area contributed by atoms with E-state index in [9.17, 15) is 4.79 Å². The largest absolute Gasteiger partial charge is 0.349 e. The summed E-state index contributed by atoms with van der Waals surface area (Å²) in [6.45, 7) is 9.73. The van der Waals surface area contributed by atoms with Crippen molar-refractivity contribution in [3.05, 3.63) is 0 Å². The summed E-state index contributed by atoms with van der Waals surface area (Å²) in [6, 6.07) is 0. The minimum atomic E-state index is 0.136. The highest BCUT2D eigenvalue weighted by Gasteiger charge is 2.14. The van der Waals surface area contributed by atoms with Crippen LogP contribution in [0.25, 0.3) is 0 Å². The number of amides is 1. The van der Waals surface area contributed by atoms with Gasteiger partial charge in [-0.1, -0.05) is 20.8 Å². The standard InChI is InChI=1S/C12H26N2OS/c1-6-14(7-2)8-9-16-10-11(3)12(15)13(4)5/h11H,6-10H2,1-5H3/t11-/m1/s1. The Morgan fingerprint density at radius 2 is 1.81 bits per heavy atom. The summed E-state index contributed by atoms with van der Waals surface area (Å²) in [7, 11) is 3.64. The lowest BCUT2D eigenvalue weighted by Gasteiger charge is -2.19. The predicted molar refractivity (Wildman–Crippen MR) is 73.0 cm³/mol. The maximum atomic E-state index is 11.6. The summed E-state index contributed by atoms with van der Waals surface area (Å²) < 4.78 is 0. The van der Waals surface area contributed by atoms with Gasteiger partial charge in [0.2, 0.25) is 5.91 Å². The van der Waals surface area contributed by atoms with Crippen LogP contribution in [0, 0.1) is 5.92 Å². The van der Waals surface area contributed by atoms with Crippen LogP contribution in [-0.4, -0.2) is 60.9 Å². The van der Waals surface area contributed by atoms with Crippen LogP contribution in [0.5, 0.6) is 0 Å². The third-order valence-electron chi connectivity index (χ3n) is 2.68. The van der Waals surface area contributed by atoms with Crippen molar-refractivity contribution >= 4 is 17.7 Å². The molecule has 0 saturated carbocycles. The zero-order valence-corrected chi connectivity index (χ0v) is 12.1. The van der Waals surface area contributed by atoms with E-state index in [0.29, 0.717) is 0 Å². The Morgan fingerprint density at radius 3 is 2.25 bits per heavy atom. The van der Waals surface area contributed by atoms with Crippen LogP contribution in [0.1, 0.15) is 20.8 Å². The van der Waals surface area contributed by atoms with Gasteiger partial charge in [-0.3, -0.25) is 4.79 Å². The molecule has 0 aromatic carbocycles. The molecule has 0 aliphatic carbocycles. The Hall–Kier alpha value is -0.220. The third kappa shape index (κ3) is 6.38. The van der Waals surface area contributed by atoms with Gasteiger partial charge in [0.25, 0.3) is 0 Å². The fourth-order valence-corrected chi connectivity index (χ4v) is 2.56. The Kier molecular flexibility index (Phi) is 8.76. The van der Waals surface area contributed by atoms with Gasteiger partial charge in [-0.2, -0.15) is 11.8 Å². The summed E-state index contributed by atoms with van der Waals surface area (Å²) in [4.78, 5) is 15.7. The fraction of sp³-hybridized carbons (Fsp3) is 0.917. The van der Waals surface area contributed by atoms with E-state index in [1.54, 1.807) is 4.90 Å². The van der Waals surface area contributed by atoms with Crippen LogP contribution in [0.4, 0.5) is 0 Å². The van der Waals surface area contributed by atoms with Crippen molar-refractivity contribution in [2.24, 2.45) is 5.92 Å². The number of hydrogen-bond acceptors (Lipinski definition) is 3. The SMILES string of the molecule is CCN(CC)CCSC[C@@H](C)C(=O)N(C)C. The Morgan fingerprint density at radius 1 is 1.25 bits per heavy atom. The van der Waals surface area contributed by atoms with Gasteiger partial charge in [0.05, 0.1) is 0 Å². The first-order chi connectivity index (χ1) is 7.52. The van der Waals surface area contributed by atoms with E-state index in [2.05, 4.69) is 18.7 Å². The molecular formula is C12H26N2OS. The van der Waals surface area contributed by atoms with Gasteiger partial charge < -0.3 is 9.80 Å². The van der Waals surface area contributed by atoms with E-state index in [0.717, 1.165) is 31.1 Å². The molecule has 3 nitrogen and oxygen atoms in total. The van der Waals surface area contributed by atoms with Crippen molar-refractivity contribution in [2.75, 3.05) is 45.2 Å². The van der Waals surface area contributed by atoms with E-state index in [1.807, 2.05) is 32.8 Å². The van der Waals surface area contributed by atoms with E-state index in [4.69, 9.17) is 0 Å². The molecule has 0 rings (SSSR count). The van der Waals surface area contributed by atoms with Gasteiger partial charge in [0, 0.05) is 38.1 Å². The van der Waals surface area contributed by atoms with Crippen LogP contribution in [0.2, 0.25) is 0 Å². The van der Waals surface area contributed by atoms with E-state index >= 15 is 0 Å². The molecule has 4 heteroatoms. The topological polar surface area (TPSA) is 23.6 Å². The monoisotopic (exact) mass is 246 g/mol. The van der Waals surface area contributed by atoms with Gasteiger partial charge in [0.15, 0.2) is 0 Å². The molecular weight excluding hydrogens is 220 g/mol. The maximum absolute atomic E-state index is 11.6. The molecule has 0 radical (unpaired) electrons. The molecule has 96 valence electrons. The highest BCUT2D eigenvalue weighted by Crippen LogP contribution is 2.10. The van der Waals surface area contributed by atoms with E-state index < -0.39 is 0 Å². The summed E-state index contributed by atoms with van der Waals surface area (Å²) in [5, 5.41) is 0. The predicted octanol–water partition coefficient (Wildman–Crippen LogP) is 1.79. The lowest BCUT2D eigenvalue weighted by Crippen LogP contribution is -2.30. The molecule has 16 heavy (non-hydrogen) atoms. The molecule has 0 saturated heterocycles. The second-order valence-electron chi connectivity index (χ2n) is 4.24. The lowest BCUT2D eigenvalue weighted by molar-refractivity contribution is -0.131.